The second-order valence-corrected chi connectivity index (χ2v) is 11.3. The molecule has 0 saturated carbocycles. The van der Waals surface area contributed by atoms with Gasteiger partial charge in [-0.15, -0.1) is 0 Å². The third-order valence-electron chi connectivity index (χ3n) is 7.93. The molecule has 1 aliphatic rings. The Morgan fingerprint density at radius 1 is 1.14 bits per heavy atom. The fraction of sp³-hybridized carbons (Fsp3) is 0.324. The number of halogens is 2. The quantitative estimate of drug-likeness (QED) is 0.251. The number of anilines is 2. The molecule has 1 aromatic heterocycles. The SMILES string of the molecule is CCC(=O)Nc1ccc2c(c1)NC(=O)C(C)CCCC(NC(=O)C(=N/C)/C(C)=C(\C)c1cccc(Cl)c1F)c1cc-2ccn1. The van der Waals surface area contributed by atoms with E-state index in [9.17, 15) is 18.8 Å². The van der Waals surface area contributed by atoms with E-state index < -0.39 is 17.8 Å². The molecule has 0 saturated heterocycles. The Morgan fingerprint density at radius 3 is 2.64 bits per heavy atom. The van der Waals surface area contributed by atoms with Crippen LogP contribution in [0.1, 0.15) is 70.7 Å². The summed E-state index contributed by atoms with van der Waals surface area (Å²) in [6.45, 7) is 7.09. The van der Waals surface area contributed by atoms with Crippen molar-refractivity contribution in [3.8, 4) is 11.1 Å². The number of nitrogens with one attached hydrogen (secondary N) is 3. The molecular formula is C34H37ClFN5O3. The highest BCUT2D eigenvalue weighted by Crippen LogP contribution is 2.34. The molecule has 2 bridgehead atoms. The third kappa shape index (κ3) is 7.39. The van der Waals surface area contributed by atoms with Crippen LogP contribution in [0.25, 0.3) is 16.7 Å². The zero-order valence-electron chi connectivity index (χ0n) is 25.6. The molecule has 0 fully saturated rings. The Bertz CT molecular complexity index is 1650. The summed E-state index contributed by atoms with van der Waals surface area (Å²) in [5.41, 5.74) is 4.88. The van der Waals surface area contributed by atoms with Gasteiger partial charge in [0.05, 0.1) is 22.4 Å². The second kappa shape index (κ2) is 14.4. The first-order chi connectivity index (χ1) is 21.0. The van der Waals surface area contributed by atoms with Crippen molar-refractivity contribution >= 4 is 52.0 Å². The van der Waals surface area contributed by atoms with Gasteiger partial charge in [-0.05, 0) is 73.7 Å². The second-order valence-electron chi connectivity index (χ2n) is 10.9. The molecule has 3 aromatic rings. The monoisotopic (exact) mass is 617 g/mol. The van der Waals surface area contributed by atoms with Gasteiger partial charge in [0, 0.05) is 42.4 Å². The van der Waals surface area contributed by atoms with Crippen LogP contribution in [-0.4, -0.2) is 35.5 Å². The number of pyridine rings is 1. The molecule has 8 nitrogen and oxygen atoms in total. The predicted octanol–water partition coefficient (Wildman–Crippen LogP) is 7.37. The van der Waals surface area contributed by atoms with E-state index in [2.05, 4.69) is 25.9 Å². The summed E-state index contributed by atoms with van der Waals surface area (Å²) in [5.74, 6) is -1.54. The number of hydrogen-bond donors (Lipinski definition) is 3. The summed E-state index contributed by atoms with van der Waals surface area (Å²) in [4.78, 5) is 47.7. The minimum atomic E-state index is -0.555. The van der Waals surface area contributed by atoms with E-state index in [1.54, 1.807) is 51.2 Å². The topological polar surface area (TPSA) is 113 Å². The van der Waals surface area contributed by atoms with E-state index >= 15 is 0 Å². The van der Waals surface area contributed by atoms with Gasteiger partial charge in [0.1, 0.15) is 11.5 Å². The number of hydrogen-bond acceptors (Lipinski definition) is 5. The summed E-state index contributed by atoms with van der Waals surface area (Å²) >= 11 is 6.00. The molecule has 1 aliphatic heterocycles. The van der Waals surface area contributed by atoms with Crippen molar-refractivity contribution in [3.05, 3.63) is 82.4 Å². The Hall–Kier alpha value is -4.37. The number of nitrogens with zero attached hydrogens (tertiary/aromatic N) is 2. The summed E-state index contributed by atoms with van der Waals surface area (Å²) < 4.78 is 14.8. The largest absolute Gasteiger partial charge is 0.342 e. The number of fused-ring (bicyclic) bond motifs is 4. The third-order valence-corrected chi connectivity index (χ3v) is 8.22. The van der Waals surface area contributed by atoms with Crippen LogP contribution in [0.15, 0.2) is 65.3 Å². The first-order valence-corrected chi connectivity index (χ1v) is 15.0. The number of benzene rings is 2. The van der Waals surface area contributed by atoms with Gasteiger partial charge in [0.15, 0.2) is 0 Å². The highest BCUT2D eigenvalue weighted by atomic mass is 35.5. The van der Waals surface area contributed by atoms with Gasteiger partial charge < -0.3 is 16.0 Å². The molecule has 3 N–H and O–H groups in total. The van der Waals surface area contributed by atoms with Crippen LogP contribution in [-0.2, 0) is 14.4 Å². The molecule has 4 rings (SSSR count). The normalized spacial score (nSPS) is 17.7. The van der Waals surface area contributed by atoms with E-state index in [0.717, 1.165) is 11.1 Å². The van der Waals surface area contributed by atoms with Gasteiger partial charge in [-0.2, -0.15) is 0 Å². The summed E-state index contributed by atoms with van der Waals surface area (Å²) in [6.07, 6.45) is 3.77. The smallest absolute Gasteiger partial charge is 0.270 e. The number of carbonyl (C=O) groups is 3. The molecule has 2 unspecified atom stereocenters. The van der Waals surface area contributed by atoms with Crippen LogP contribution < -0.4 is 16.0 Å². The van der Waals surface area contributed by atoms with Crippen LogP contribution in [0, 0.1) is 11.7 Å². The zero-order valence-corrected chi connectivity index (χ0v) is 26.3. The van der Waals surface area contributed by atoms with Crippen molar-refractivity contribution in [2.24, 2.45) is 10.9 Å². The lowest BCUT2D eigenvalue weighted by Crippen LogP contribution is -2.35. The molecule has 10 heteroatoms. The number of allylic oxidation sites excluding steroid dienone is 1. The lowest BCUT2D eigenvalue weighted by atomic mass is 9.94. The van der Waals surface area contributed by atoms with Crippen molar-refractivity contribution in [2.75, 3.05) is 17.7 Å². The van der Waals surface area contributed by atoms with Crippen molar-refractivity contribution in [1.29, 1.82) is 0 Å². The standard InChI is InChI=1S/C34H37ClFN5O3/c1-6-30(42)39-23-13-14-25-22-15-16-38-29(17-22)27(12-7-9-19(2)33(43)41-28(25)18-23)40-34(44)32(37-5)21(4)20(3)24-10-8-11-26(35)31(24)36/h8,10-11,13-19,27H,6-7,9,12H2,1-5H3,(H,39,42)(H,40,44)(H,41,43)/b21-20+,37-32+. The maximum atomic E-state index is 14.8. The molecular weight excluding hydrogens is 581 g/mol. The molecule has 0 radical (unpaired) electrons. The van der Waals surface area contributed by atoms with E-state index in [4.69, 9.17) is 11.6 Å². The van der Waals surface area contributed by atoms with E-state index in [1.807, 2.05) is 25.1 Å². The molecule has 0 spiro atoms. The minimum absolute atomic E-state index is 0.000291. The average Bonchev–Trinajstić information content (AvgIpc) is 3.01. The maximum Gasteiger partial charge on any atom is 0.270 e. The summed E-state index contributed by atoms with van der Waals surface area (Å²) in [5, 5.41) is 8.99. The Kier molecular flexibility index (Phi) is 10.7. The van der Waals surface area contributed by atoms with Crippen molar-refractivity contribution in [2.45, 2.75) is 59.4 Å². The Balaban J connectivity index is 1.70. The van der Waals surface area contributed by atoms with E-state index in [-0.39, 0.29) is 28.5 Å². The molecule has 2 atom stereocenters. The van der Waals surface area contributed by atoms with Gasteiger partial charge in [-0.25, -0.2) is 4.39 Å². The molecule has 2 aromatic carbocycles. The van der Waals surface area contributed by atoms with Crippen LogP contribution in [0.4, 0.5) is 15.8 Å². The van der Waals surface area contributed by atoms with Crippen molar-refractivity contribution < 1.29 is 18.8 Å². The number of aliphatic imine (C=N–C) groups is 1. The minimum Gasteiger partial charge on any atom is -0.342 e. The van der Waals surface area contributed by atoms with Gasteiger partial charge in [-0.1, -0.05) is 50.1 Å². The van der Waals surface area contributed by atoms with Crippen LogP contribution in [0.2, 0.25) is 5.02 Å². The fourth-order valence-corrected chi connectivity index (χ4v) is 5.36. The Labute approximate surface area is 262 Å². The van der Waals surface area contributed by atoms with Gasteiger partial charge in [-0.3, -0.25) is 24.4 Å². The van der Waals surface area contributed by atoms with E-state index in [0.29, 0.717) is 59.5 Å². The van der Waals surface area contributed by atoms with Crippen molar-refractivity contribution in [1.82, 2.24) is 10.3 Å². The van der Waals surface area contributed by atoms with Gasteiger partial charge in [0.2, 0.25) is 11.8 Å². The predicted molar refractivity (Wildman–Crippen MR) is 174 cm³/mol. The lowest BCUT2D eigenvalue weighted by molar-refractivity contribution is -0.120. The number of aromatic nitrogens is 1. The lowest BCUT2D eigenvalue weighted by Gasteiger charge is -2.23. The average molecular weight is 618 g/mol. The maximum absolute atomic E-state index is 14.8. The van der Waals surface area contributed by atoms with Gasteiger partial charge in [0.25, 0.3) is 5.91 Å². The summed E-state index contributed by atoms with van der Waals surface area (Å²) in [6, 6.07) is 13.4. The van der Waals surface area contributed by atoms with E-state index in [1.165, 1.54) is 13.1 Å². The van der Waals surface area contributed by atoms with Gasteiger partial charge >= 0.3 is 0 Å². The first kappa shape index (κ1) is 32.5. The Morgan fingerprint density at radius 2 is 1.91 bits per heavy atom. The highest BCUT2D eigenvalue weighted by molar-refractivity contribution is 6.46. The summed E-state index contributed by atoms with van der Waals surface area (Å²) in [7, 11) is 1.52. The van der Waals surface area contributed by atoms with Crippen molar-refractivity contribution in [3.63, 3.8) is 0 Å². The molecule has 0 aliphatic carbocycles. The molecule has 2 heterocycles. The first-order valence-electron chi connectivity index (χ1n) is 14.6. The van der Waals surface area contributed by atoms with Crippen LogP contribution in [0.5, 0.6) is 0 Å². The number of amides is 3. The number of rotatable bonds is 6. The number of carbonyl (C=O) groups excluding carboxylic acids is 3. The molecule has 230 valence electrons. The van der Waals surface area contributed by atoms with Crippen LogP contribution in [0.3, 0.4) is 0 Å². The van der Waals surface area contributed by atoms with Crippen LogP contribution >= 0.6 is 11.6 Å². The zero-order chi connectivity index (χ0) is 32.0. The molecule has 44 heavy (non-hydrogen) atoms. The molecule has 3 amide bonds. The fourth-order valence-electron chi connectivity index (χ4n) is 5.18. The highest BCUT2D eigenvalue weighted by Gasteiger charge is 2.25.